The van der Waals surface area contributed by atoms with E-state index < -0.39 is 11.8 Å². The van der Waals surface area contributed by atoms with Crippen LogP contribution in [0.3, 0.4) is 0 Å². The maximum absolute atomic E-state index is 11.9. The van der Waals surface area contributed by atoms with Gasteiger partial charge in [0.05, 0.1) is 5.56 Å². The van der Waals surface area contributed by atoms with E-state index in [1.54, 1.807) is 24.3 Å². The number of para-hydroxylation sites is 1. The van der Waals surface area contributed by atoms with Gasteiger partial charge in [-0.2, -0.15) is 0 Å². The molecule has 0 spiro atoms. The maximum atomic E-state index is 11.9. The quantitative estimate of drug-likeness (QED) is 0.487. The number of hydrogen-bond donors (Lipinski definition) is 4. The lowest BCUT2D eigenvalue weighted by atomic mass is 10.2. The van der Waals surface area contributed by atoms with Crippen LogP contribution in [0.5, 0.6) is 11.5 Å². The van der Waals surface area contributed by atoms with E-state index in [1.807, 2.05) is 19.1 Å². The number of hydrazine groups is 1. The van der Waals surface area contributed by atoms with Crippen LogP contribution in [0.2, 0.25) is 0 Å². The summed E-state index contributed by atoms with van der Waals surface area (Å²) in [5.41, 5.74) is 5.75. The highest BCUT2D eigenvalue weighted by Gasteiger charge is 2.11. The van der Waals surface area contributed by atoms with E-state index in [9.17, 15) is 14.7 Å². The number of aromatic hydroxyl groups is 1. The molecule has 0 aliphatic rings. The zero-order valence-corrected chi connectivity index (χ0v) is 14.2. The second kappa shape index (κ2) is 8.65. The average molecular weight is 359 g/mol. The summed E-state index contributed by atoms with van der Waals surface area (Å²) in [5.74, 6) is -0.660. The number of aryl methyl sites for hydroxylation is 1. The molecule has 7 nitrogen and oxygen atoms in total. The number of amides is 2. The number of thiocarbonyl (C=S) groups is 1. The van der Waals surface area contributed by atoms with Gasteiger partial charge >= 0.3 is 0 Å². The minimum absolute atomic E-state index is 0.0758. The van der Waals surface area contributed by atoms with Gasteiger partial charge in [-0.05, 0) is 49.0 Å². The van der Waals surface area contributed by atoms with Gasteiger partial charge in [0.15, 0.2) is 11.7 Å². The first-order chi connectivity index (χ1) is 12.0. The van der Waals surface area contributed by atoms with Gasteiger partial charge in [-0.25, -0.2) is 0 Å². The molecule has 130 valence electrons. The maximum Gasteiger partial charge on any atom is 0.273 e. The van der Waals surface area contributed by atoms with Crippen LogP contribution in [0.1, 0.15) is 15.9 Å². The first-order valence-corrected chi connectivity index (χ1v) is 7.74. The molecule has 4 N–H and O–H groups in total. The second-order valence-electron chi connectivity index (χ2n) is 5.08. The molecule has 0 aromatic heterocycles. The highest BCUT2D eigenvalue weighted by atomic mass is 32.1. The monoisotopic (exact) mass is 359 g/mol. The number of carbonyl (C=O) groups is 2. The molecule has 2 rings (SSSR count). The molecule has 8 heteroatoms. The third kappa shape index (κ3) is 5.78. The first kappa shape index (κ1) is 18.2. The Morgan fingerprint density at radius 3 is 2.60 bits per heavy atom. The van der Waals surface area contributed by atoms with E-state index in [4.69, 9.17) is 17.0 Å². The normalized spacial score (nSPS) is 9.80. The molecule has 0 fully saturated rings. The molecular formula is C17H17N3O4S. The standard InChI is InChI=1S/C17H17N3O4S/c1-11-5-4-6-12(9-11)24-10-15(22)18-17(25)20-19-16(23)13-7-2-3-8-14(13)21/h2-9,21H,10H2,1H3,(H,19,23)(H2,18,20,22,25). The molecule has 0 aliphatic heterocycles. The number of carbonyl (C=O) groups excluding carboxylic acids is 2. The number of benzene rings is 2. The van der Waals surface area contributed by atoms with Crippen LogP contribution in [-0.2, 0) is 4.79 Å². The van der Waals surface area contributed by atoms with Gasteiger partial charge in [0.25, 0.3) is 11.8 Å². The number of nitrogens with one attached hydrogen (secondary N) is 3. The average Bonchev–Trinajstić information content (AvgIpc) is 2.58. The van der Waals surface area contributed by atoms with Crippen molar-refractivity contribution in [3.8, 4) is 11.5 Å². The number of phenolic OH excluding ortho intramolecular Hbond substituents is 1. The molecule has 0 bridgehead atoms. The summed E-state index contributed by atoms with van der Waals surface area (Å²) >= 11 is 4.91. The van der Waals surface area contributed by atoms with Crippen molar-refractivity contribution in [2.45, 2.75) is 6.92 Å². The molecule has 2 aromatic rings. The predicted octanol–water partition coefficient (Wildman–Crippen LogP) is 1.42. The van der Waals surface area contributed by atoms with E-state index in [0.29, 0.717) is 5.75 Å². The molecular weight excluding hydrogens is 342 g/mol. The number of rotatable bonds is 4. The SMILES string of the molecule is Cc1cccc(OCC(=O)NC(=S)NNC(=O)c2ccccc2O)c1. The van der Waals surface area contributed by atoms with Gasteiger partial charge in [0.2, 0.25) is 0 Å². The van der Waals surface area contributed by atoms with Crippen molar-refractivity contribution in [1.82, 2.24) is 16.2 Å². The van der Waals surface area contributed by atoms with Crippen LogP contribution < -0.4 is 20.9 Å². The summed E-state index contributed by atoms with van der Waals surface area (Å²) < 4.78 is 5.34. The van der Waals surface area contributed by atoms with Gasteiger partial charge in [-0.1, -0.05) is 24.3 Å². The van der Waals surface area contributed by atoms with Gasteiger partial charge in [-0.3, -0.25) is 25.8 Å². The molecule has 0 saturated carbocycles. The van der Waals surface area contributed by atoms with Crippen LogP contribution in [0.25, 0.3) is 0 Å². The van der Waals surface area contributed by atoms with Crippen LogP contribution in [0.4, 0.5) is 0 Å². The predicted molar refractivity (Wildman–Crippen MR) is 96.1 cm³/mol. The number of hydrogen-bond acceptors (Lipinski definition) is 5. The van der Waals surface area contributed by atoms with E-state index in [1.165, 1.54) is 12.1 Å². The molecule has 0 atom stereocenters. The Bertz CT molecular complexity index is 795. The summed E-state index contributed by atoms with van der Waals surface area (Å²) in [5, 5.41) is 11.9. The summed E-state index contributed by atoms with van der Waals surface area (Å²) in [6, 6.07) is 13.3. The van der Waals surface area contributed by atoms with Crippen LogP contribution >= 0.6 is 12.2 Å². The Hall–Kier alpha value is -3.13. The van der Waals surface area contributed by atoms with Gasteiger partial charge < -0.3 is 9.84 Å². The van der Waals surface area contributed by atoms with Crippen LogP contribution in [0, 0.1) is 6.92 Å². The fraction of sp³-hybridized carbons (Fsp3) is 0.118. The lowest BCUT2D eigenvalue weighted by Crippen LogP contribution is -2.49. The van der Waals surface area contributed by atoms with Crippen molar-refractivity contribution in [2.24, 2.45) is 0 Å². The molecule has 0 heterocycles. The van der Waals surface area contributed by atoms with E-state index in [-0.39, 0.29) is 23.0 Å². The van der Waals surface area contributed by atoms with E-state index in [2.05, 4.69) is 16.2 Å². The van der Waals surface area contributed by atoms with E-state index in [0.717, 1.165) is 5.56 Å². The zero-order chi connectivity index (χ0) is 18.2. The van der Waals surface area contributed by atoms with Gasteiger partial charge in [-0.15, -0.1) is 0 Å². The minimum atomic E-state index is -0.592. The topological polar surface area (TPSA) is 99.7 Å². The van der Waals surface area contributed by atoms with Crippen molar-refractivity contribution in [1.29, 1.82) is 0 Å². The molecule has 25 heavy (non-hydrogen) atoms. The summed E-state index contributed by atoms with van der Waals surface area (Å²) in [6.45, 7) is 1.69. The molecule has 0 radical (unpaired) electrons. The Kier molecular flexibility index (Phi) is 6.30. The van der Waals surface area contributed by atoms with Crippen molar-refractivity contribution in [2.75, 3.05) is 6.61 Å². The Labute approximate surface area is 150 Å². The van der Waals surface area contributed by atoms with Crippen molar-refractivity contribution < 1.29 is 19.4 Å². The first-order valence-electron chi connectivity index (χ1n) is 7.33. The zero-order valence-electron chi connectivity index (χ0n) is 13.4. The fourth-order valence-corrected chi connectivity index (χ4v) is 2.06. The Balaban J connectivity index is 1.75. The Morgan fingerprint density at radius 1 is 1.12 bits per heavy atom. The van der Waals surface area contributed by atoms with Gasteiger partial charge in [0.1, 0.15) is 11.5 Å². The highest BCUT2D eigenvalue weighted by molar-refractivity contribution is 7.80. The van der Waals surface area contributed by atoms with E-state index >= 15 is 0 Å². The molecule has 0 saturated heterocycles. The minimum Gasteiger partial charge on any atom is -0.507 e. The lowest BCUT2D eigenvalue weighted by Gasteiger charge is -2.12. The lowest BCUT2D eigenvalue weighted by molar-refractivity contribution is -0.121. The molecule has 2 aromatic carbocycles. The molecule has 0 aliphatic carbocycles. The third-order valence-corrected chi connectivity index (χ3v) is 3.25. The highest BCUT2D eigenvalue weighted by Crippen LogP contribution is 2.14. The van der Waals surface area contributed by atoms with Crippen LogP contribution in [0.15, 0.2) is 48.5 Å². The van der Waals surface area contributed by atoms with Crippen molar-refractivity contribution >= 4 is 29.1 Å². The van der Waals surface area contributed by atoms with Crippen LogP contribution in [-0.4, -0.2) is 28.6 Å². The number of phenols is 1. The smallest absolute Gasteiger partial charge is 0.273 e. The fourth-order valence-electron chi connectivity index (χ4n) is 1.89. The third-order valence-electron chi connectivity index (χ3n) is 3.05. The summed E-state index contributed by atoms with van der Waals surface area (Å²) in [6.07, 6.45) is 0. The second-order valence-corrected chi connectivity index (χ2v) is 5.49. The number of ether oxygens (including phenoxy) is 1. The van der Waals surface area contributed by atoms with Gasteiger partial charge in [0, 0.05) is 0 Å². The Morgan fingerprint density at radius 2 is 1.88 bits per heavy atom. The molecule has 0 unspecified atom stereocenters. The summed E-state index contributed by atoms with van der Waals surface area (Å²) in [4.78, 5) is 23.6. The van der Waals surface area contributed by atoms with Crippen molar-refractivity contribution in [3.05, 3.63) is 59.7 Å². The summed E-state index contributed by atoms with van der Waals surface area (Å²) in [7, 11) is 0. The largest absolute Gasteiger partial charge is 0.507 e. The molecule has 2 amide bonds. The van der Waals surface area contributed by atoms with Crippen molar-refractivity contribution in [3.63, 3.8) is 0 Å².